The Hall–Kier alpha value is -1.18. The second-order valence-electron chi connectivity index (χ2n) is 2.72. The van der Waals surface area contributed by atoms with Crippen LogP contribution in [0.5, 0.6) is 0 Å². The topological polar surface area (TPSA) is 25.8 Å². The fraction of sp³-hybridized carbons (Fsp3) is 0.333. The van der Waals surface area contributed by atoms with Crippen LogP contribution in [0.25, 0.3) is 6.08 Å². The Morgan fingerprint density at radius 3 is 2.45 bits per heavy atom. The van der Waals surface area contributed by atoms with Gasteiger partial charge >= 0.3 is 0 Å². The zero-order valence-electron chi connectivity index (χ0n) is 6.91. The molecule has 1 aromatic heterocycles. The second-order valence-corrected chi connectivity index (χ2v) is 2.72. The number of hydrogen-bond acceptors (Lipinski definition) is 2. The Bertz CT molecular complexity index is 236. The molecule has 1 aromatic rings. The Kier molecular flexibility index (Phi) is 2.36. The molecule has 0 saturated carbocycles. The molecule has 0 amide bonds. The smallest absolute Gasteiger partial charge is 0.0807 e. The van der Waals surface area contributed by atoms with Crippen molar-refractivity contribution in [2.24, 2.45) is 0 Å². The molecule has 1 rings (SSSR count). The van der Waals surface area contributed by atoms with Crippen molar-refractivity contribution in [2.45, 2.75) is 19.8 Å². The fourth-order valence-electron chi connectivity index (χ4n) is 0.752. The maximum atomic E-state index is 4.22. The average Bonchev–Trinajstić information content (AvgIpc) is 2.05. The van der Waals surface area contributed by atoms with Crippen molar-refractivity contribution in [2.75, 3.05) is 0 Å². The van der Waals surface area contributed by atoms with Gasteiger partial charge in [-0.05, 0) is 12.0 Å². The Labute approximate surface area is 67.0 Å². The van der Waals surface area contributed by atoms with Crippen molar-refractivity contribution in [3.05, 3.63) is 30.4 Å². The Balaban J connectivity index is 2.91. The highest BCUT2D eigenvalue weighted by Crippen LogP contribution is 2.08. The van der Waals surface area contributed by atoms with Gasteiger partial charge in [-0.25, -0.2) is 0 Å². The van der Waals surface area contributed by atoms with Crippen molar-refractivity contribution >= 4 is 6.08 Å². The SMILES string of the molecule is C=Cc1cnc(C(C)C)cn1. The molecule has 0 unspecified atom stereocenters. The number of rotatable bonds is 2. The van der Waals surface area contributed by atoms with Crippen molar-refractivity contribution in [3.8, 4) is 0 Å². The summed E-state index contributed by atoms with van der Waals surface area (Å²) >= 11 is 0. The molecule has 58 valence electrons. The van der Waals surface area contributed by atoms with E-state index in [9.17, 15) is 0 Å². The van der Waals surface area contributed by atoms with Crippen LogP contribution >= 0.6 is 0 Å². The summed E-state index contributed by atoms with van der Waals surface area (Å²) in [6.45, 7) is 7.79. The van der Waals surface area contributed by atoms with E-state index in [0.29, 0.717) is 5.92 Å². The number of aromatic nitrogens is 2. The summed E-state index contributed by atoms with van der Waals surface area (Å²) in [4.78, 5) is 8.35. The van der Waals surface area contributed by atoms with Crippen molar-refractivity contribution < 1.29 is 0 Å². The maximum Gasteiger partial charge on any atom is 0.0807 e. The summed E-state index contributed by atoms with van der Waals surface area (Å²) < 4.78 is 0. The van der Waals surface area contributed by atoms with Crippen LogP contribution in [0.4, 0.5) is 0 Å². The van der Waals surface area contributed by atoms with E-state index in [-0.39, 0.29) is 0 Å². The Morgan fingerprint density at radius 2 is 2.09 bits per heavy atom. The van der Waals surface area contributed by atoms with Gasteiger partial charge in [0.1, 0.15) is 0 Å². The van der Waals surface area contributed by atoms with Gasteiger partial charge in [0.2, 0.25) is 0 Å². The van der Waals surface area contributed by atoms with Crippen LogP contribution in [0.3, 0.4) is 0 Å². The third kappa shape index (κ3) is 1.87. The van der Waals surface area contributed by atoms with E-state index < -0.39 is 0 Å². The van der Waals surface area contributed by atoms with Gasteiger partial charge in [-0.3, -0.25) is 9.97 Å². The predicted octanol–water partition coefficient (Wildman–Crippen LogP) is 2.24. The molecule has 0 atom stereocenters. The molecule has 11 heavy (non-hydrogen) atoms. The molecule has 0 radical (unpaired) electrons. The van der Waals surface area contributed by atoms with Gasteiger partial charge in [0.15, 0.2) is 0 Å². The summed E-state index contributed by atoms with van der Waals surface area (Å²) in [5.74, 6) is 0.446. The minimum Gasteiger partial charge on any atom is -0.257 e. The molecule has 0 N–H and O–H groups in total. The van der Waals surface area contributed by atoms with Gasteiger partial charge in [-0.2, -0.15) is 0 Å². The highest BCUT2D eigenvalue weighted by Gasteiger charge is 1.98. The molecule has 0 saturated heterocycles. The van der Waals surface area contributed by atoms with Crippen LogP contribution in [0, 0.1) is 0 Å². The van der Waals surface area contributed by atoms with E-state index >= 15 is 0 Å². The molecule has 0 aliphatic carbocycles. The summed E-state index contributed by atoms with van der Waals surface area (Å²) in [5, 5.41) is 0. The van der Waals surface area contributed by atoms with Gasteiger partial charge in [0.05, 0.1) is 17.6 Å². The second kappa shape index (κ2) is 3.28. The summed E-state index contributed by atoms with van der Waals surface area (Å²) in [6, 6.07) is 0. The first-order chi connectivity index (χ1) is 5.24. The molecule has 0 aromatic carbocycles. The van der Waals surface area contributed by atoms with E-state index in [1.165, 1.54) is 0 Å². The van der Waals surface area contributed by atoms with Crippen LogP contribution in [0.2, 0.25) is 0 Å². The monoisotopic (exact) mass is 148 g/mol. The van der Waals surface area contributed by atoms with Gasteiger partial charge in [0.25, 0.3) is 0 Å². The summed E-state index contributed by atoms with van der Waals surface area (Å²) in [7, 11) is 0. The van der Waals surface area contributed by atoms with Gasteiger partial charge < -0.3 is 0 Å². The maximum absolute atomic E-state index is 4.22. The van der Waals surface area contributed by atoms with Crippen LogP contribution in [0.1, 0.15) is 31.2 Å². The molecular formula is C9H12N2. The predicted molar refractivity (Wildman–Crippen MR) is 46.2 cm³/mol. The fourth-order valence-corrected chi connectivity index (χ4v) is 0.752. The lowest BCUT2D eigenvalue weighted by Crippen LogP contribution is -1.94. The lowest BCUT2D eigenvalue weighted by atomic mass is 10.1. The lowest BCUT2D eigenvalue weighted by molar-refractivity contribution is 0.810. The molecule has 0 bridgehead atoms. The normalized spacial score (nSPS) is 10.1. The zero-order valence-corrected chi connectivity index (χ0v) is 6.91. The van der Waals surface area contributed by atoms with Gasteiger partial charge in [-0.15, -0.1) is 0 Å². The van der Waals surface area contributed by atoms with Gasteiger partial charge in [0, 0.05) is 6.20 Å². The summed E-state index contributed by atoms with van der Waals surface area (Å²) in [5.41, 5.74) is 1.85. The van der Waals surface area contributed by atoms with Crippen molar-refractivity contribution in [3.63, 3.8) is 0 Å². The molecule has 0 aliphatic heterocycles. The first-order valence-electron chi connectivity index (χ1n) is 3.68. The quantitative estimate of drug-likeness (QED) is 0.642. The molecule has 2 nitrogen and oxygen atoms in total. The first kappa shape index (κ1) is 7.92. The minimum atomic E-state index is 0.446. The minimum absolute atomic E-state index is 0.446. The third-order valence-electron chi connectivity index (χ3n) is 1.49. The van der Waals surface area contributed by atoms with Crippen molar-refractivity contribution in [1.29, 1.82) is 0 Å². The highest BCUT2D eigenvalue weighted by molar-refractivity contribution is 5.39. The van der Waals surface area contributed by atoms with E-state index in [1.54, 1.807) is 18.5 Å². The van der Waals surface area contributed by atoms with Crippen LogP contribution < -0.4 is 0 Å². The molecule has 2 heteroatoms. The first-order valence-corrected chi connectivity index (χ1v) is 3.68. The number of hydrogen-bond donors (Lipinski definition) is 0. The molecule has 0 spiro atoms. The van der Waals surface area contributed by atoms with Gasteiger partial charge in [-0.1, -0.05) is 20.4 Å². The van der Waals surface area contributed by atoms with Crippen LogP contribution in [-0.2, 0) is 0 Å². The summed E-state index contributed by atoms with van der Waals surface area (Å²) in [6.07, 6.45) is 5.22. The molecule has 1 heterocycles. The van der Waals surface area contributed by atoms with E-state index in [2.05, 4.69) is 30.4 Å². The number of nitrogens with zero attached hydrogens (tertiary/aromatic N) is 2. The van der Waals surface area contributed by atoms with Crippen LogP contribution in [-0.4, -0.2) is 9.97 Å². The highest BCUT2D eigenvalue weighted by atomic mass is 14.8. The largest absolute Gasteiger partial charge is 0.257 e. The lowest BCUT2D eigenvalue weighted by Gasteiger charge is -2.01. The van der Waals surface area contributed by atoms with Crippen molar-refractivity contribution in [1.82, 2.24) is 9.97 Å². The molecule has 0 fully saturated rings. The van der Waals surface area contributed by atoms with E-state index in [0.717, 1.165) is 11.4 Å². The Morgan fingerprint density at radius 1 is 1.36 bits per heavy atom. The zero-order chi connectivity index (χ0) is 8.27. The molecule has 0 aliphatic rings. The van der Waals surface area contributed by atoms with E-state index in [4.69, 9.17) is 0 Å². The molecular weight excluding hydrogens is 136 g/mol. The standard InChI is InChI=1S/C9H12N2/c1-4-8-5-11-9(6-10-8)7(2)3/h4-7H,1H2,2-3H3. The van der Waals surface area contributed by atoms with Crippen LogP contribution in [0.15, 0.2) is 19.0 Å². The average molecular weight is 148 g/mol. The van der Waals surface area contributed by atoms with E-state index in [1.807, 2.05) is 0 Å². The third-order valence-corrected chi connectivity index (χ3v) is 1.49.